The van der Waals surface area contributed by atoms with Crippen molar-refractivity contribution in [3.8, 4) is 27.8 Å². The number of anilines is 1. The molecule has 0 radical (unpaired) electrons. The molecule has 2 aromatic carbocycles. The molecular weight excluding hydrogens is 504 g/mol. The van der Waals surface area contributed by atoms with Gasteiger partial charge in [-0.3, -0.25) is 19.5 Å². The molecule has 0 unspecified atom stereocenters. The number of hydrogen-bond donors (Lipinski definition) is 1. The van der Waals surface area contributed by atoms with Crippen molar-refractivity contribution in [3.05, 3.63) is 58.9 Å². The summed E-state index contributed by atoms with van der Waals surface area (Å²) in [7, 11) is 1.77. The van der Waals surface area contributed by atoms with Gasteiger partial charge in [-0.25, -0.2) is 4.98 Å². The normalized spacial score (nSPS) is 11.4. The van der Waals surface area contributed by atoms with Crippen LogP contribution in [0, 0.1) is 0 Å². The third kappa shape index (κ3) is 4.62. The molecule has 190 valence electrons. The van der Waals surface area contributed by atoms with Gasteiger partial charge >= 0.3 is 6.61 Å². The Morgan fingerprint density at radius 2 is 1.89 bits per heavy atom. The Balaban J connectivity index is 1.70. The van der Waals surface area contributed by atoms with E-state index in [1.165, 1.54) is 47.1 Å². The first-order chi connectivity index (χ1) is 17.7. The van der Waals surface area contributed by atoms with Gasteiger partial charge in [-0.15, -0.1) is 0 Å². The molecule has 0 spiro atoms. The Morgan fingerprint density at radius 3 is 2.57 bits per heavy atom. The van der Waals surface area contributed by atoms with Crippen LogP contribution in [0.1, 0.15) is 13.8 Å². The third-order valence-electron chi connectivity index (χ3n) is 5.60. The summed E-state index contributed by atoms with van der Waals surface area (Å²) >= 11 is 1.30. The first-order valence-electron chi connectivity index (χ1n) is 11.2. The molecule has 0 aliphatic rings. The van der Waals surface area contributed by atoms with Gasteiger partial charge in [0, 0.05) is 19.5 Å². The van der Waals surface area contributed by atoms with Crippen LogP contribution in [0.15, 0.2) is 53.3 Å². The van der Waals surface area contributed by atoms with Gasteiger partial charge in [0.05, 0.1) is 28.0 Å². The van der Waals surface area contributed by atoms with Crippen molar-refractivity contribution in [2.75, 3.05) is 11.9 Å². The van der Waals surface area contributed by atoms with Gasteiger partial charge in [-0.2, -0.15) is 13.8 Å². The Bertz CT molecular complexity index is 1690. The van der Waals surface area contributed by atoms with E-state index in [1.54, 1.807) is 29.8 Å². The number of fused-ring (bicyclic) bond motifs is 2. The van der Waals surface area contributed by atoms with Crippen LogP contribution in [0.2, 0.25) is 0 Å². The van der Waals surface area contributed by atoms with Crippen molar-refractivity contribution >= 4 is 44.6 Å². The van der Waals surface area contributed by atoms with E-state index in [1.807, 2.05) is 13.0 Å². The maximum atomic E-state index is 13.8. The molecule has 0 saturated carbocycles. The van der Waals surface area contributed by atoms with Crippen molar-refractivity contribution in [3.63, 3.8) is 0 Å². The number of nitrogens with one attached hydrogen (secondary N) is 1. The van der Waals surface area contributed by atoms with Crippen molar-refractivity contribution in [1.82, 2.24) is 19.1 Å². The molecule has 0 aliphatic carbocycles. The number of thiazole rings is 1. The maximum absolute atomic E-state index is 13.8. The molecule has 12 heteroatoms. The molecule has 5 aromatic rings. The molecule has 9 nitrogen and oxygen atoms in total. The fraction of sp³-hybridized carbons (Fsp3) is 0.200. The molecule has 0 fully saturated rings. The van der Waals surface area contributed by atoms with Crippen LogP contribution in [0.4, 0.5) is 14.7 Å². The average molecular weight is 526 g/mol. The summed E-state index contributed by atoms with van der Waals surface area (Å²) in [6.07, 6.45) is 0. The second-order valence-electron chi connectivity index (χ2n) is 8.05. The number of benzene rings is 2. The van der Waals surface area contributed by atoms with E-state index in [-0.39, 0.29) is 17.2 Å². The maximum Gasteiger partial charge on any atom is 0.387 e. The van der Waals surface area contributed by atoms with E-state index in [2.05, 4.69) is 20.0 Å². The minimum atomic E-state index is -2.95. The second kappa shape index (κ2) is 9.62. The number of aromatic nitrogens is 4. The number of aryl methyl sites for hydroxylation is 1. The number of ether oxygens (including phenoxy) is 2. The number of rotatable bonds is 7. The first-order valence-corrected chi connectivity index (χ1v) is 12.1. The van der Waals surface area contributed by atoms with Crippen LogP contribution in [0.25, 0.3) is 38.2 Å². The fourth-order valence-corrected chi connectivity index (χ4v) is 4.90. The lowest BCUT2D eigenvalue weighted by molar-refractivity contribution is -0.114. The summed E-state index contributed by atoms with van der Waals surface area (Å²) < 4.78 is 39.1. The lowest BCUT2D eigenvalue weighted by Gasteiger charge is -2.11. The van der Waals surface area contributed by atoms with Gasteiger partial charge in [-0.05, 0) is 55.0 Å². The van der Waals surface area contributed by atoms with E-state index in [4.69, 9.17) is 4.74 Å². The summed E-state index contributed by atoms with van der Waals surface area (Å²) in [5.41, 5.74) is 2.88. The van der Waals surface area contributed by atoms with Crippen LogP contribution in [-0.4, -0.2) is 38.2 Å². The minimum absolute atomic E-state index is 0.0240. The lowest BCUT2D eigenvalue weighted by Crippen LogP contribution is -2.20. The number of carbonyl (C=O) groups is 1. The summed E-state index contributed by atoms with van der Waals surface area (Å²) in [6.45, 7) is 0.693. The van der Waals surface area contributed by atoms with Gasteiger partial charge in [-0.1, -0.05) is 17.4 Å². The van der Waals surface area contributed by atoms with Crippen molar-refractivity contribution in [2.24, 2.45) is 7.05 Å². The highest BCUT2D eigenvalue weighted by Crippen LogP contribution is 2.33. The van der Waals surface area contributed by atoms with Crippen LogP contribution < -0.4 is 20.3 Å². The van der Waals surface area contributed by atoms with Gasteiger partial charge in [0.25, 0.3) is 10.8 Å². The van der Waals surface area contributed by atoms with Crippen LogP contribution in [0.3, 0.4) is 0 Å². The highest BCUT2D eigenvalue weighted by molar-refractivity contribution is 7.20. The highest BCUT2D eigenvalue weighted by Gasteiger charge is 2.19. The van der Waals surface area contributed by atoms with Crippen LogP contribution in [-0.2, 0) is 11.8 Å². The number of nitrogens with zero attached hydrogens (tertiary/aromatic N) is 4. The molecule has 0 atom stereocenters. The van der Waals surface area contributed by atoms with Gasteiger partial charge in [0.1, 0.15) is 5.75 Å². The van der Waals surface area contributed by atoms with E-state index in [0.717, 1.165) is 5.52 Å². The molecule has 3 aromatic heterocycles. The van der Waals surface area contributed by atoms with Gasteiger partial charge in [0.15, 0.2) is 5.65 Å². The van der Waals surface area contributed by atoms with Crippen LogP contribution >= 0.6 is 11.3 Å². The standard InChI is InChI=1S/C25H21F2N5O4S/c1-4-35-25-30-21-20(37-25)12-17(22(34)32(21)15-6-8-16(9-7-15)36-23(26)27)14-5-10-18-19(11-14)31(3)24(29-18)28-13(2)33/h5-12,23H,4H2,1-3H3,(H,28,29,33). The molecule has 0 bridgehead atoms. The zero-order valence-electron chi connectivity index (χ0n) is 20.0. The largest absolute Gasteiger partial charge is 0.470 e. The van der Waals surface area contributed by atoms with E-state index >= 15 is 0 Å². The number of alkyl halides is 2. The van der Waals surface area contributed by atoms with Gasteiger partial charge in [0.2, 0.25) is 11.9 Å². The zero-order chi connectivity index (χ0) is 26.3. The summed E-state index contributed by atoms with van der Waals surface area (Å²) in [5.74, 6) is 0.124. The lowest BCUT2D eigenvalue weighted by atomic mass is 10.1. The molecule has 0 aliphatic heterocycles. The first kappa shape index (κ1) is 24.4. The quantitative estimate of drug-likeness (QED) is 0.322. The van der Waals surface area contributed by atoms with E-state index in [0.29, 0.717) is 50.4 Å². The molecule has 3 heterocycles. The SMILES string of the molecule is CCOc1nc2c(cc(-c3ccc4nc(NC(C)=O)n(C)c4c3)c(=O)n2-c2ccc(OC(F)F)cc2)s1. The summed E-state index contributed by atoms with van der Waals surface area (Å²) in [4.78, 5) is 34.3. The van der Waals surface area contributed by atoms with E-state index in [9.17, 15) is 18.4 Å². The predicted octanol–water partition coefficient (Wildman–Crippen LogP) is 4.96. The van der Waals surface area contributed by atoms with Gasteiger partial charge < -0.3 is 14.0 Å². The predicted molar refractivity (Wildman–Crippen MR) is 137 cm³/mol. The van der Waals surface area contributed by atoms with Crippen molar-refractivity contribution in [2.45, 2.75) is 20.5 Å². The monoisotopic (exact) mass is 525 g/mol. The highest BCUT2D eigenvalue weighted by atomic mass is 32.1. The number of halogens is 2. The third-order valence-corrected chi connectivity index (χ3v) is 6.51. The molecule has 0 saturated heterocycles. The molecular formula is C25H21F2N5O4S. The second-order valence-corrected chi connectivity index (χ2v) is 9.04. The number of pyridine rings is 1. The Hall–Kier alpha value is -4.32. The fourth-order valence-electron chi connectivity index (χ4n) is 4.00. The van der Waals surface area contributed by atoms with Crippen molar-refractivity contribution < 1.29 is 23.0 Å². The number of hydrogen-bond acceptors (Lipinski definition) is 7. The smallest absolute Gasteiger partial charge is 0.387 e. The van der Waals surface area contributed by atoms with E-state index < -0.39 is 6.61 Å². The summed E-state index contributed by atoms with van der Waals surface area (Å²) in [6, 6.07) is 12.9. The van der Waals surface area contributed by atoms with Crippen LogP contribution in [0.5, 0.6) is 10.9 Å². The topological polar surface area (TPSA) is 100 Å². The Labute approximate surface area is 212 Å². The summed E-state index contributed by atoms with van der Waals surface area (Å²) in [5, 5.41) is 3.09. The van der Waals surface area contributed by atoms with Crippen molar-refractivity contribution in [1.29, 1.82) is 0 Å². The minimum Gasteiger partial charge on any atom is -0.470 e. The average Bonchev–Trinajstić information content (AvgIpc) is 3.38. The molecule has 1 amide bonds. The molecule has 37 heavy (non-hydrogen) atoms. The molecule has 1 N–H and O–H groups in total. The Morgan fingerprint density at radius 1 is 1.14 bits per heavy atom. The molecule has 5 rings (SSSR count). The Kier molecular flexibility index (Phi) is 6.34. The number of imidazole rings is 1. The number of carbonyl (C=O) groups excluding carboxylic acids is 1. The number of amides is 1. The zero-order valence-corrected chi connectivity index (χ0v) is 20.8.